The second-order valence-corrected chi connectivity index (χ2v) is 5.71. The van der Waals surface area contributed by atoms with Gasteiger partial charge in [0.25, 0.3) is 5.91 Å². The zero-order chi connectivity index (χ0) is 18.5. The number of rotatable bonds is 5. The van der Waals surface area contributed by atoms with E-state index in [0.29, 0.717) is 27.6 Å². The number of fused-ring (bicyclic) bond motifs is 1. The summed E-state index contributed by atoms with van der Waals surface area (Å²) < 4.78 is 0. The smallest absolute Gasteiger partial charge is 0.326 e. The molecule has 0 saturated heterocycles. The molecule has 2 N–H and O–H groups in total. The normalized spacial score (nSPS) is 11.5. The minimum Gasteiger partial charge on any atom is -0.480 e. The molecular formula is C20H15N3O3. The third-order valence-electron chi connectivity index (χ3n) is 4.06. The van der Waals surface area contributed by atoms with Crippen LogP contribution in [0.15, 0.2) is 60.8 Å². The van der Waals surface area contributed by atoms with E-state index in [1.54, 1.807) is 48.5 Å². The van der Waals surface area contributed by atoms with Crippen molar-refractivity contribution in [3.63, 3.8) is 0 Å². The van der Waals surface area contributed by atoms with Gasteiger partial charge in [-0.3, -0.25) is 9.78 Å². The van der Waals surface area contributed by atoms with E-state index < -0.39 is 17.9 Å². The molecule has 3 aromatic rings. The van der Waals surface area contributed by atoms with E-state index in [9.17, 15) is 14.7 Å². The summed E-state index contributed by atoms with van der Waals surface area (Å²) in [5, 5.41) is 21.9. The molecule has 0 fully saturated rings. The van der Waals surface area contributed by atoms with Crippen molar-refractivity contribution in [3.8, 4) is 6.07 Å². The maximum atomic E-state index is 12.7. The topological polar surface area (TPSA) is 103 Å². The van der Waals surface area contributed by atoms with Crippen LogP contribution in [0.25, 0.3) is 10.9 Å². The van der Waals surface area contributed by atoms with E-state index in [1.165, 1.54) is 6.20 Å². The summed E-state index contributed by atoms with van der Waals surface area (Å²) in [7, 11) is 0. The van der Waals surface area contributed by atoms with Crippen LogP contribution in [0.3, 0.4) is 0 Å². The van der Waals surface area contributed by atoms with Gasteiger partial charge in [-0.15, -0.1) is 0 Å². The average Bonchev–Trinajstić information content (AvgIpc) is 2.67. The molecule has 6 heteroatoms. The van der Waals surface area contributed by atoms with Crippen molar-refractivity contribution in [1.82, 2.24) is 10.3 Å². The Morgan fingerprint density at radius 1 is 1.12 bits per heavy atom. The molecule has 0 radical (unpaired) electrons. The number of hydrogen-bond donors (Lipinski definition) is 2. The Morgan fingerprint density at radius 3 is 2.62 bits per heavy atom. The Kier molecular flexibility index (Phi) is 4.90. The van der Waals surface area contributed by atoms with Gasteiger partial charge in [0.1, 0.15) is 6.04 Å². The molecule has 0 saturated carbocycles. The number of nitriles is 1. The molecule has 0 aliphatic heterocycles. The molecule has 6 nitrogen and oxygen atoms in total. The van der Waals surface area contributed by atoms with E-state index in [1.807, 2.05) is 12.1 Å². The Morgan fingerprint density at radius 2 is 1.85 bits per heavy atom. The number of pyridine rings is 1. The Bertz CT molecular complexity index is 1020. The lowest BCUT2D eigenvalue weighted by atomic mass is 10.0. The van der Waals surface area contributed by atoms with Crippen molar-refractivity contribution in [2.24, 2.45) is 0 Å². The highest BCUT2D eigenvalue weighted by molar-refractivity contribution is 6.06. The molecule has 1 amide bonds. The number of nitrogens with zero attached hydrogens (tertiary/aromatic N) is 2. The highest BCUT2D eigenvalue weighted by Gasteiger charge is 2.23. The average molecular weight is 345 g/mol. The first-order valence-electron chi connectivity index (χ1n) is 7.95. The highest BCUT2D eigenvalue weighted by Crippen LogP contribution is 2.17. The van der Waals surface area contributed by atoms with Gasteiger partial charge in [0.15, 0.2) is 0 Å². The summed E-state index contributed by atoms with van der Waals surface area (Å²) in [6.07, 6.45) is 1.53. The standard InChI is InChI=1S/C20H15N3O3/c21-12-14-6-2-1-5-13(14)11-18(20(25)26)23-19(24)16-9-10-22-17-8-4-3-7-15(16)17/h1-10,18H,11H2,(H,23,24)(H,25,26)/t18-/m0/s1. The van der Waals surface area contributed by atoms with Gasteiger partial charge in [0, 0.05) is 18.0 Å². The predicted octanol–water partition coefficient (Wildman–Crippen LogP) is 2.53. The summed E-state index contributed by atoms with van der Waals surface area (Å²) in [6.45, 7) is 0. The quantitative estimate of drug-likeness (QED) is 0.739. The number of hydrogen-bond acceptors (Lipinski definition) is 4. The van der Waals surface area contributed by atoms with Crippen molar-refractivity contribution in [2.45, 2.75) is 12.5 Å². The Balaban J connectivity index is 1.87. The molecule has 128 valence electrons. The zero-order valence-corrected chi connectivity index (χ0v) is 13.7. The minimum absolute atomic E-state index is 0.0216. The Hall–Kier alpha value is -3.72. The van der Waals surface area contributed by atoms with Gasteiger partial charge in [0.05, 0.1) is 22.7 Å². The number of carbonyl (C=O) groups is 2. The third-order valence-corrected chi connectivity index (χ3v) is 4.06. The van der Waals surface area contributed by atoms with Crippen LogP contribution in [0, 0.1) is 11.3 Å². The van der Waals surface area contributed by atoms with Crippen LogP contribution >= 0.6 is 0 Å². The lowest BCUT2D eigenvalue weighted by molar-refractivity contribution is -0.139. The lowest BCUT2D eigenvalue weighted by Crippen LogP contribution is -2.42. The SMILES string of the molecule is N#Cc1ccccc1C[C@H](NC(=O)c1ccnc2ccccc12)C(=O)O. The zero-order valence-electron chi connectivity index (χ0n) is 13.7. The number of carboxylic acid groups (broad SMARTS) is 1. The molecule has 0 aliphatic carbocycles. The number of aromatic nitrogens is 1. The monoisotopic (exact) mass is 345 g/mol. The number of aliphatic carboxylic acids is 1. The van der Waals surface area contributed by atoms with Crippen LogP contribution in [0.2, 0.25) is 0 Å². The van der Waals surface area contributed by atoms with Crippen LogP contribution in [0.1, 0.15) is 21.5 Å². The fourth-order valence-electron chi connectivity index (χ4n) is 2.76. The molecule has 0 spiro atoms. The molecule has 1 atom stereocenters. The van der Waals surface area contributed by atoms with Crippen LogP contribution in [-0.2, 0) is 11.2 Å². The fourth-order valence-corrected chi connectivity index (χ4v) is 2.76. The van der Waals surface area contributed by atoms with Crippen molar-refractivity contribution >= 4 is 22.8 Å². The predicted molar refractivity (Wildman–Crippen MR) is 95.5 cm³/mol. The molecule has 3 rings (SSSR count). The van der Waals surface area contributed by atoms with Crippen LogP contribution in [-0.4, -0.2) is 28.0 Å². The van der Waals surface area contributed by atoms with Gasteiger partial charge in [-0.25, -0.2) is 4.79 Å². The maximum absolute atomic E-state index is 12.7. The molecule has 26 heavy (non-hydrogen) atoms. The molecular weight excluding hydrogens is 330 g/mol. The largest absolute Gasteiger partial charge is 0.480 e. The molecule has 0 unspecified atom stereocenters. The molecule has 0 bridgehead atoms. The number of carboxylic acids is 1. The van der Waals surface area contributed by atoms with E-state index in [-0.39, 0.29) is 6.42 Å². The first kappa shape index (κ1) is 17.1. The lowest BCUT2D eigenvalue weighted by Gasteiger charge is -2.16. The summed E-state index contributed by atoms with van der Waals surface area (Å²) in [5.74, 6) is -1.66. The number of nitrogens with one attached hydrogen (secondary N) is 1. The van der Waals surface area contributed by atoms with Gasteiger partial charge >= 0.3 is 5.97 Å². The first-order chi connectivity index (χ1) is 12.6. The van der Waals surface area contributed by atoms with Gasteiger partial charge < -0.3 is 10.4 Å². The molecule has 1 heterocycles. The van der Waals surface area contributed by atoms with Gasteiger partial charge in [0.2, 0.25) is 0 Å². The van der Waals surface area contributed by atoms with E-state index in [0.717, 1.165) is 0 Å². The molecule has 0 aliphatic rings. The fraction of sp³-hybridized carbons (Fsp3) is 0.100. The number of benzene rings is 2. The first-order valence-corrected chi connectivity index (χ1v) is 7.95. The highest BCUT2D eigenvalue weighted by atomic mass is 16.4. The van der Waals surface area contributed by atoms with E-state index in [4.69, 9.17) is 5.26 Å². The summed E-state index contributed by atoms with van der Waals surface area (Å²) >= 11 is 0. The van der Waals surface area contributed by atoms with Crippen LogP contribution in [0.5, 0.6) is 0 Å². The van der Waals surface area contributed by atoms with Gasteiger partial charge in [-0.1, -0.05) is 36.4 Å². The van der Waals surface area contributed by atoms with Crippen LogP contribution < -0.4 is 5.32 Å². The number of para-hydroxylation sites is 1. The second kappa shape index (κ2) is 7.45. The third kappa shape index (κ3) is 3.52. The minimum atomic E-state index is -1.16. The number of amides is 1. The van der Waals surface area contributed by atoms with Gasteiger partial charge in [-0.05, 0) is 23.8 Å². The summed E-state index contributed by atoms with van der Waals surface area (Å²) in [4.78, 5) is 28.5. The summed E-state index contributed by atoms with van der Waals surface area (Å²) in [6, 6.07) is 16.3. The van der Waals surface area contributed by atoms with Crippen molar-refractivity contribution < 1.29 is 14.7 Å². The van der Waals surface area contributed by atoms with Crippen molar-refractivity contribution in [1.29, 1.82) is 5.26 Å². The molecule has 2 aromatic carbocycles. The van der Waals surface area contributed by atoms with Crippen molar-refractivity contribution in [3.05, 3.63) is 77.5 Å². The number of carbonyl (C=O) groups excluding carboxylic acids is 1. The second-order valence-electron chi connectivity index (χ2n) is 5.71. The van der Waals surface area contributed by atoms with E-state index in [2.05, 4.69) is 10.3 Å². The van der Waals surface area contributed by atoms with Crippen molar-refractivity contribution in [2.75, 3.05) is 0 Å². The van der Waals surface area contributed by atoms with Crippen LogP contribution in [0.4, 0.5) is 0 Å². The van der Waals surface area contributed by atoms with E-state index >= 15 is 0 Å². The molecule has 1 aromatic heterocycles. The maximum Gasteiger partial charge on any atom is 0.326 e. The summed E-state index contributed by atoms with van der Waals surface area (Å²) in [5.41, 5.74) is 1.97. The Labute approximate surface area is 149 Å². The van der Waals surface area contributed by atoms with Gasteiger partial charge in [-0.2, -0.15) is 5.26 Å².